The average molecular weight is 296 g/mol. The van der Waals surface area contributed by atoms with Gasteiger partial charge < -0.3 is 5.32 Å². The third-order valence-electron chi connectivity index (χ3n) is 2.90. The van der Waals surface area contributed by atoms with Crippen molar-refractivity contribution < 1.29 is 4.79 Å². The second-order valence-corrected chi connectivity index (χ2v) is 5.15. The quantitative estimate of drug-likeness (QED) is 0.803. The molecule has 0 spiro atoms. The molecule has 0 aliphatic heterocycles. The molecule has 0 aromatic carbocycles. The van der Waals surface area contributed by atoms with E-state index in [0.717, 1.165) is 16.7 Å². The minimum atomic E-state index is -0.246. The third-order valence-corrected chi connectivity index (χ3v) is 3.58. The van der Waals surface area contributed by atoms with E-state index in [1.807, 2.05) is 23.7 Å². The van der Waals surface area contributed by atoms with E-state index in [9.17, 15) is 4.79 Å². The zero-order chi connectivity index (χ0) is 14.5. The molecule has 0 fully saturated rings. The topological polar surface area (TPSA) is 67.8 Å². The monoisotopic (exact) mass is 296 g/mol. The van der Waals surface area contributed by atoms with Crippen molar-refractivity contribution in [1.82, 2.24) is 20.3 Å². The molecule has 0 aliphatic carbocycles. The van der Waals surface area contributed by atoms with Crippen LogP contribution in [-0.2, 0) is 6.54 Å². The lowest BCUT2D eigenvalue weighted by molar-refractivity contribution is 0.0945. The zero-order valence-corrected chi connectivity index (χ0v) is 11.9. The van der Waals surface area contributed by atoms with Gasteiger partial charge in [-0.3, -0.25) is 14.8 Å². The summed E-state index contributed by atoms with van der Waals surface area (Å²) < 4.78 is 0. The molecule has 5 nitrogen and oxygen atoms in total. The maximum Gasteiger partial charge on any atom is 0.271 e. The fraction of sp³-hybridized carbons (Fsp3) is 0.0667. The van der Waals surface area contributed by atoms with Gasteiger partial charge in [-0.2, -0.15) is 11.3 Å². The number of aromatic nitrogens is 3. The van der Waals surface area contributed by atoms with Gasteiger partial charge in [-0.15, -0.1) is 0 Å². The van der Waals surface area contributed by atoms with Crippen LogP contribution < -0.4 is 5.32 Å². The second-order valence-electron chi connectivity index (χ2n) is 4.37. The van der Waals surface area contributed by atoms with Crippen LogP contribution in [0.25, 0.3) is 11.1 Å². The first-order valence-electron chi connectivity index (χ1n) is 6.33. The van der Waals surface area contributed by atoms with Gasteiger partial charge in [-0.25, -0.2) is 4.98 Å². The molecule has 6 heteroatoms. The van der Waals surface area contributed by atoms with Crippen LogP contribution in [0.4, 0.5) is 0 Å². The molecule has 0 radical (unpaired) electrons. The predicted molar refractivity (Wildman–Crippen MR) is 80.8 cm³/mol. The molecular formula is C15H12N4OS. The van der Waals surface area contributed by atoms with Crippen LogP contribution in [-0.4, -0.2) is 20.9 Å². The highest BCUT2D eigenvalue weighted by Crippen LogP contribution is 2.21. The molecule has 0 saturated carbocycles. The van der Waals surface area contributed by atoms with Crippen LogP contribution in [0, 0.1) is 0 Å². The predicted octanol–water partition coefficient (Wildman–Crippen LogP) is 2.53. The highest BCUT2D eigenvalue weighted by atomic mass is 32.1. The highest BCUT2D eigenvalue weighted by molar-refractivity contribution is 7.08. The molecule has 0 saturated heterocycles. The van der Waals surface area contributed by atoms with E-state index >= 15 is 0 Å². The van der Waals surface area contributed by atoms with E-state index < -0.39 is 0 Å². The lowest BCUT2D eigenvalue weighted by Gasteiger charge is -2.05. The number of pyridine rings is 1. The first-order valence-corrected chi connectivity index (χ1v) is 7.28. The van der Waals surface area contributed by atoms with Gasteiger partial charge in [0.1, 0.15) is 5.69 Å². The van der Waals surface area contributed by atoms with Crippen LogP contribution in [0.1, 0.15) is 16.1 Å². The Morgan fingerprint density at radius 2 is 2.10 bits per heavy atom. The Bertz CT molecular complexity index is 728. The van der Waals surface area contributed by atoms with Gasteiger partial charge in [-0.1, -0.05) is 0 Å². The Labute approximate surface area is 125 Å². The van der Waals surface area contributed by atoms with Crippen molar-refractivity contribution in [3.8, 4) is 11.1 Å². The number of nitrogens with zero attached hydrogens (tertiary/aromatic N) is 3. The van der Waals surface area contributed by atoms with Crippen molar-refractivity contribution in [2.75, 3.05) is 0 Å². The van der Waals surface area contributed by atoms with Gasteiger partial charge in [0, 0.05) is 36.9 Å². The summed E-state index contributed by atoms with van der Waals surface area (Å²) in [5, 5.41) is 6.90. The Morgan fingerprint density at radius 1 is 1.14 bits per heavy atom. The molecule has 104 valence electrons. The van der Waals surface area contributed by atoms with Crippen LogP contribution in [0.2, 0.25) is 0 Å². The summed E-state index contributed by atoms with van der Waals surface area (Å²) in [5.41, 5.74) is 3.42. The van der Waals surface area contributed by atoms with E-state index in [0.29, 0.717) is 12.2 Å². The number of carbonyl (C=O) groups excluding carboxylic acids is 1. The standard InChI is InChI=1S/C15H12N4OS/c20-15(14-9-16-2-3-18-14)19-7-11-5-13(8-17-6-11)12-1-4-21-10-12/h1-6,8-10H,7H2,(H,19,20). The van der Waals surface area contributed by atoms with Gasteiger partial charge in [-0.05, 0) is 34.0 Å². The second kappa shape index (κ2) is 6.23. The number of carbonyl (C=O) groups is 1. The molecule has 0 atom stereocenters. The third kappa shape index (κ3) is 3.29. The molecule has 0 unspecified atom stereocenters. The minimum Gasteiger partial charge on any atom is -0.347 e. The van der Waals surface area contributed by atoms with Gasteiger partial charge in [0.2, 0.25) is 0 Å². The molecule has 3 heterocycles. The highest BCUT2D eigenvalue weighted by Gasteiger charge is 2.07. The average Bonchev–Trinajstić information content (AvgIpc) is 3.08. The van der Waals surface area contributed by atoms with E-state index in [1.54, 1.807) is 17.5 Å². The largest absolute Gasteiger partial charge is 0.347 e. The van der Waals surface area contributed by atoms with Gasteiger partial charge in [0.05, 0.1) is 6.20 Å². The van der Waals surface area contributed by atoms with Crippen molar-refractivity contribution >= 4 is 17.2 Å². The summed E-state index contributed by atoms with van der Waals surface area (Å²) in [6.07, 6.45) is 8.02. The molecule has 3 aromatic rings. The maximum absolute atomic E-state index is 11.9. The Kier molecular flexibility index (Phi) is 3.97. The van der Waals surface area contributed by atoms with E-state index in [4.69, 9.17) is 0 Å². The number of nitrogens with one attached hydrogen (secondary N) is 1. The maximum atomic E-state index is 11.9. The molecule has 21 heavy (non-hydrogen) atoms. The number of hydrogen-bond donors (Lipinski definition) is 1. The van der Waals surface area contributed by atoms with E-state index in [2.05, 4.69) is 25.6 Å². The molecule has 1 amide bonds. The fourth-order valence-corrected chi connectivity index (χ4v) is 2.53. The summed E-state index contributed by atoms with van der Waals surface area (Å²) in [5.74, 6) is -0.246. The first kappa shape index (κ1) is 13.4. The molecule has 1 N–H and O–H groups in total. The smallest absolute Gasteiger partial charge is 0.271 e. The molecule has 0 bridgehead atoms. The Hall–Kier alpha value is -2.60. The van der Waals surface area contributed by atoms with Crippen LogP contribution in [0.3, 0.4) is 0 Å². The van der Waals surface area contributed by atoms with Crippen molar-refractivity contribution in [2.24, 2.45) is 0 Å². The van der Waals surface area contributed by atoms with Crippen molar-refractivity contribution in [1.29, 1.82) is 0 Å². The fourth-order valence-electron chi connectivity index (χ4n) is 1.86. The van der Waals surface area contributed by atoms with Gasteiger partial charge >= 0.3 is 0 Å². The first-order chi connectivity index (χ1) is 10.3. The number of rotatable bonds is 4. The van der Waals surface area contributed by atoms with E-state index in [1.165, 1.54) is 18.6 Å². The van der Waals surface area contributed by atoms with Crippen molar-refractivity contribution in [3.63, 3.8) is 0 Å². The van der Waals surface area contributed by atoms with Crippen molar-refractivity contribution in [3.05, 3.63) is 65.1 Å². The SMILES string of the molecule is O=C(NCc1cncc(-c2ccsc2)c1)c1cnccn1. The zero-order valence-electron chi connectivity index (χ0n) is 11.1. The van der Waals surface area contributed by atoms with Crippen molar-refractivity contribution in [2.45, 2.75) is 6.54 Å². The summed E-state index contributed by atoms with van der Waals surface area (Å²) in [4.78, 5) is 24.0. The minimum absolute atomic E-state index is 0.246. The van der Waals surface area contributed by atoms with Gasteiger partial charge in [0.25, 0.3) is 5.91 Å². The van der Waals surface area contributed by atoms with E-state index in [-0.39, 0.29) is 5.91 Å². The molecule has 3 aromatic heterocycles. The Morgan fingerprint density at radius 3 is 2.86 bits per heavy atom. The van der Waals surface area contributed by atoms with Crippen LogP contribution in [0.15, 0.2) is 53.9 Å². The summed E-state index contributed by atoms with van der Waals surface area (Å²) >= 11 is 1.64. The Balaban J connectivity index is 1.69. The summed E-state index contributed by atoms with van der Waals surface area (Å²) in [7, 11) is 0. The normalized spacial score (nSPS) is 10.3. The summed E-state index contributed by atoms with van der Waals surface area (Å²) in [6.45, 7) is 0.403. The van der Waals surface area contributed by atoms with Crippen LogP contribution in [0.5, 0.6) is 0 Å². The molecular weight excluding hydrogens is 284 g/mol. The number of amides is 1. The van der Waals surface area contributed by atoms with Crippen LogP contribution >= 0.6 is 11.3 Å². The lowest BCUT2D eigenvalue weighted by Crippen LogP contribution is -2.23. The number of hydrogen-bond acceptors (Lipinski definition) is 5. The number of thiophene rings is 1. The molecule has 0 aliphatic rings. The molecule has 3 rings (SSSR count). The summed E-state index contributed by atoms with van der Waals surface area (Å²) in [6, 6.07) is 4.07. The lowest BCUT2D eigenvalue weighted by atomic mass is 10.1. The van der Waals surface area contributed by atoms with Gasteiger partial charge in [0.15, 0.2) is 0 Å².